The summed E-state index contributed by atoms with van der Waals surface area (Å²) in [5, 5.41) is 12.2. The Kier molecular flexibility index (Phi) is 10.9. The van der Waals surface area contributed by atoms with Gasteiger partial charge in [-0.3, -0.25) is 0 Å². The van der Waals surface area contributed by atoms with Gasteiger partial charge in [-0.1, -0.05) is 60.7 Å². The van der Waals surface area contributed by atoms with Gasteiger partial charge in [-0.2, -0.15) is 0 Å². The predicted octanol–water partition coefficient (Wildman–Crippen LogP) is 4.34. The van der Waals surface area contributed by atoms with E-state index in [1.807, 2.05) is 36.4 Å². The molecule has 0 aliphatic heterocycles. The van der Waals surface area contributed by atoms with Crippen molar-refractivity contribution in [3.05, 3.63) is 89.5 Å². The fraction of sp³-hybridized carbons (Fsp3) is 0.394. The molecule has 1 aliphatic carbocycles. The van der Waals surface area contributed by atoms with Crippen LogP contribution in [-0.4, -0.2) is 95.0 Å². The summed E-state index contributed by atoms with van der Waals surface area (Å²) >= 11 is 0. The van der Waals surface area contributed by atoms with E-state index >= 15 is 0 Å². The Bertz CT molecular complexity index is 1270. The predicted molar refractivity (Wildman–Crippen MR) is 160 cm³/mol. The lowest BCUT2D eigenvalue weighted by Crippen LogP contribution is -2.42. The van der Waals surface area contributed by atoms with E-state index in [9.17, 15) is 14.7 Å². The highest BCUT2D eigenvalue weighted by Crippen LogP contribution is 2.44. The maximum atomic E-state index is 12.6. The van der Waals surface area contributed by atoms with Gasteiger partial charge in [0.25, 0.3) is 0 Å². The zero-order valence-electron chi connectivity index (χ0n) is 24.6. The van der Waals surface area contributed by atoms with Crippen LogP contribution in [0, 0.1) is 0 Å². The zero-order chi connectivity index (χ0) is 30.0. The van der Waals surface area contributed by atoms with Crippen LogP contribution in [0.15, 0.2) is 72.8 Å². The number of carbonyl (C=O) groups excluding carboxylic acids is 1. The zero-order valence-corrected chi connectivity index (χ0v) is 24.6. The van der Waals surface area contributed by atoms with Crippen molar-refractivity contribution in [2.75, 3.05) is 67.3 Å². The number of likely N-dealkylation sites (N-methyl/N-ethyl adjacent to an activating group) is 1. The number of nitrogens with one attached hydrogen (secondary N) is 1. The molecule has 1 amide bonds. The third-order valence-electron chi connectivity index (χ3n) is 7.07. The Hall–Kier alpha value is -3.92. The van der Waals surface area contributed by atoms with Crippen molar-refractivity contribution in [1.29, 1.82) is 0 Å². The first kappa shape index (κ1) is 31.0. The van der Waals surface area contributed by atoms with Crippen LogP contribution in [0.3, 0.4) is 0 Å². The highest BCUT2D eigenvalue weighted by Gasteiger charge is 2.29. The van der Waals surface area contributed by atoms with Crippen LogP contribution in [0.5, 0.6) is 5.75 Å². The molecule has 4 rings (SSSR count). The molecule has 1 aliphatic rings. The number of aliphatic carboxylic acids is 1. The van der Waals surface area contributed by atoms with E-state index in [-0.39, 0.29) is 18.9 Å². The molecule has 224 valence electrons. The first-order valence-corrected chi connectivity index (χ1v) is 14.2. The molecule has 1 unspecified atom stereocenters. The monoisotopic (exact) mass is 577 g/mol. The Morgan fingerprint density at radius 1 is 0.810 bits per heavy atom. The molecule has 0 saturated carbocycles. The molecule has 9 nitrogen and oxygen atoms in total. The fourth-order valence-corrected chi connectivity index (χ4v) is 4.82. The van der Waals surface area contributed by atoms with Crippen LogP contribution in [0.1, 0.15) is 22.6 Å². The maximum Gasteiger partial charge on any atom is 0.407 e. The van der Waals surface area contributed by atoms with E-state index < -0.39 is 18.1 Å². The number of ether oxygens (including phenoxy) is 4. The van der Waals surface area contributed by atoms with Crippen molar-refractivity contribution < 1.29 is 38.1 Å². The van der Waals surface area contributed by atoms with Crippen molar-refractivity contribution >= 4 is 12.1 Å². The van der Waals surface area contributed by atoms with Crippen LogP contribution in [0.4, 0.5) is 4.79 Å². The van der Waals surface area contributed by atoms with Crippen LogP contribution in [-0.2, 0) is 25.4 Å². The van der Waals surface area contributed by atoms with Gasteiger partial charge in [-0.15, -0.1) is 0 Å². The van der Waals surface area contributed by atoms with E-state index in [1.54, 1.807) is 24.3 Å². The van der Waals surface area contributed by atoms with Gasteiger partial charge in [-0.25, -0.2) is 9.59 Å². The largest absolute Gasteiger partial charge is 0.491 e. The van der Waals surface area contributed by atoms with Gasteiger partial charge >= 0.3 is 12.1 Å². The Labute approximate surface area is 247 Å². The van der Waals surface area contributed by atoms with Crippen molar-refractivity contribution in [1.82, 2.24) is 5.32 Å². The van der Waals surface area contributed by atoms with Crippen molar-refractivity contribution in [3.8, 4) is 16.9 Å². The number of carboxylic acid groups (broad SMARTS) is 1. The molecule has 3 aromatic rings. The molecule has 0 aromatic heterocycles. The first-order chi connectivity index (χ1) is 20.2. The highest BCUT2D eigenvalue weighted by atomic mass is 16.6. The summed E-state index contributed by atoms with van der Waals surface area (Å²) in [4.78, 5) is 24.5. The number of rotatable bonds is 16. The summed E-state index contributed by atoms with van der Waals surface area (Å²) in [6, 6.07) is 22.1. The van der Waals surface area contributed by atoms with Crippen LogP contribution < -0.4 is 10.1 Å². The lowest BCUT2D eigenvalue weighted by molar-refractivity contribution is -0.870. The second-order valence-corrected chi connectivity index (χ2v) is 11.3. The second-order valence-electron chi connectivity index (χ2n) is 11.3. The van der Waals surface area contributed by atoms with Gasteiger partial charge in [-0.05, 0) is 39.9 Å². The molecule has 2 N–H and O–H groups in total. The molecule has 0 bridgehead atoms. The third kappa shape index (κ3) is 9.04. The van der Waals surface area contributed by atoms with Crippen LogP contribution >= 0.6 is 0 Å². The van der Waals surface area contributed by atoms with E-state index in [0.717, 1.165) is 38.8 Å². The molecule has 0 radical (unpaired) electrons. The normalized spacial score (nSPS) is 13.2. The minimum absolute atomic E-state index is 0.101. The molecule has 1 atom stereocenters. The van der Waals surface area contributed by atoms with Gasteiger partial charge in [0.1, 0.15) is 31.5 Å². The first-order valence-electron chi connectivity index (χ1n) is 14.2. The average Bonchev–Trinajstić information content (AvgIpc) is 3.28. The van der Waals surface area contributed by atoms with E-state index in [0.29, 0.717) is 38.8 Å². The summed E-state index contributed by atoms with van der Waals surface area (Å²) in [5.41, 5.74) is 5.18. The van der Waals surface area contributed by atoms with Gasteiger partial charge in [0.15, 0.2) is 0 Å². The number of alkyl carbamates (subject to hydrolysis) is 1. The molecule has 0 saturated heterocycles. The Morgan fingerprint density at radius 3 is 1.98 bits per heavy atom. The van der Waals surface area contributed by atoms with Crippen molar-refractivity contribution in [2.45, 2.75) is 18.4 Å². The van der Waals surface area contributed by atoms with Crippen LogP contribution in [0.2, 0.25) is 0 Å². The number of nitrogens with zero attached hydrogens (tertiary/aromatic N) is 1. The highest BCUT2D eigenvalue weighted by molar-refractivity contribution is 5.81. The van der Waals surface area contributed by atoms with Crippen molar-refractivity contribution in [2.24, 2.45) is 0 Å². The topological polar surface area (TPSA) is 103 Å². The number of quaternary nitrogens is 1. The number of hydrogen-bond acceptors (Lipinski definition) is 6. The molecule has 0 fully saturated rings. The van der Waals surface area contributed by atoms with Gasteiger partial charge in [0, 0.05) is 12.3 Å². The smallest absolute Gasteiger partial charge is 0.407 e. The number of fused-ring (bicyclic) bond motifs is 3. The number of hydrogen-bond donors (Lipinski definition) is 2. The van der Waals surface area contributed by atoms with E-state index in [2.05, 4.69) is 38.6 Å². The van der Waals surface area contributed by atoms with Gasteiger partial charge < -0.3 is 33.9 Å². The molecule has 3 aromatic carbocycles. The molecule has 9 heteroatoms. The summed E-state index contributed by atoms with van der Waals surface area (Å²) in [7, 11) is 6.37. The fourth-order valence-electron chi connectivity index (χ4n) is 4.82. The standard InChI is InChI=1S/C33H40N2O7/c1-35(2,3)16-17-39-18-19-40-20-21-41-25-14-12-24(13-15-25)22-31(32(36)37)34-33(38)42-23-30-28-10-6-4-8-26(28)27-9-5-7-11-29(27)30/h4-15,30-31H,16-23H2,1-3H3,(H-,34,36,37,38)/p+1. The minimum atomic E-state index is -1.14. The lowest BCUT2D eigenvalue weighted by atomic mass is 9.98. The second kappa shape index (κ2) is 14.8. The minimum Gasteiger partial charge on any atom is -0.491 e. The summed E-state index contributed by atoms with van der Waals surface area (Å²) in [6.45, 7) is 3.63. The summed E-state index contributed by atoms with van der Waals surface area (Å²) in [6.07, 6.45) is -0.653. The Morgan fingerprint density at radius 2 is 1.38 bits per heavy atom. The van der Waals surface area contributed by atoms with E-state index in [4.69, 9.17) is 18.9 Å². The maximum absolute atomic E-state index is 12.6. The molecule has 0 heterocycles. The van der Waals surface area contributed by atoms with Gasteiger partial charge in [0.05, 0.1) is 47.6 Å². The van der Waals surface area contributed by atoms with Gasteiger partial charge in [0.2, 0.25) is 0 Å². The van der Waals surface area contributed by atoms with E-state index in [1.165, 1.54) is 0 Å². The summed E-state index contributed by atoms with van der Waals surface area (Å²) < 4.78 is 23.2. The van der Waals surface area contributed by atoms with Crippen molar-refractivity contribution in [3.63, 3.8) is 0 Å². The number of benzene rings is 3. The SMILES string of the molecule is C[N+](C)(C)CCOCCOCCOc1ccc(CC(NC(=O)OCC2c3ccccc3-c3ccccc32)C(=O)O)cc1. The Balaban J connectivity index is 1.18. The van der Waals surface area contributed by atoms with Crippen LogP contribution in [0.25, 0.3) is 11.1 Å². The average molecular weight is 578 g/mol. The third-order valence-corrected chi connectivity index (χ3v) is 7.07. The molecular weight excluding hydrogens is 536 g/mol. The molecule has 0 spiro atoms. The molecule has 42 heavy (non-hydrogen) atoms. The number of carbonyl (C=O) groups is 2. The quantitative estimate of drug-likeness (QED) is 0.193. The number of amides is 1. The lowest BCUT2D eigenvalue weighted by Gasteiger charge is -2.23. The molecular formula is C33H41N2O7+. The number of carboxylic acids is 1. The summed E-state index contributed by atoms with van der Waals surface area (Å²) in [5.74, 6) is -0.587.